The van der Waals surface area contributed by atoms with Crippen molar-refractivity contribution in [3.63, 3.8) is 0 Å². The van der Waals surface area contributed by atoms with Crippen molar-refractivity contribution in [3.05, 3.63) is 70.8 Å². The number of ether oxygens (including phenoxy) is 2. The molecule has 2 aliphatic rings. The summed E-state index contributed by atoms with van der Waals surface area (Å²) in [6.45, 7) is 14.7. The van der Waals surface area contributed by atoms with E-state index in [1.165, 1.54) is 0 Å². The molecule has 1 atom stereocenters. The Morgan fingerprint density at radius 1 is 1.00 bits per heavy atom. The first-order valence-corrected chi connectivity index (χ1v) is 13.5. The summed E-state index contributed by atoms with van der Waals surface area (Å²) in [5, 5.41) is 11.4. The van der Waals surface area contributed by atoms with Gasteiger partial charge >= 0.3 is 0 Å². The third-order valence-electron chi connectivity index (χ3n) is 7.11. The number of morpholine rings is 1. The van der Waals surface area contributed by atoms with Crippen molar-refractivity contribution in [1.29, 1.82) is 0 Å². The van der Waals surface area contributed by atoms with Gasteiger partial charge in [-0.1, -0.05) is 45.0 Å². The van der Waals surface area contributed by atoms with E-state index in [1.54, 1.807) is 29.2 Å². The van der Waals surface area contributed by atoms with Crippen LogP contribution in [0.1, 0.15) is 63.8 Å². The van der Waals surface area contributed by atoms with Crippen molar-refractivity contribution >= 4 is 17.4 Å². The average molecular weight is 521 g/mol. The Hall–Kier alpha value is -3.16. The zero-order valence-electron chi connectivity index (χ0n) is 23.2. The van der Waals surface area contributed by atoms with Crippen LogP contribution in [0.2, 0.25) is 0 Å². The van der Waals surface area contributed by atoms with Crippen LogP contribution in [0.25, 0.3) is 5.76 Å². The molecule has 38 heavy (non-hydrogen) atoms. The minimum atomic E-state index is -0.653. The number of likely N-dealkylation sites (tertiary alicyclic amines) is 1. The van der Waals surface area contributed by atoms with Gasteiger partial charge in [0.15, 0.2) is 0 Å². The minimum absolute atomic E-state index is 0.0216. The lowest BCUT2D eigenvalue weighted by molar-refractivity contribution is -0.140. The Kier molecular flexibility index (Phi) is 8.58. The van der Waals surface area contributed by atoms with Crippen LogP contribution in [0, 0.1) is 0 Å². The Morgan fingerprint density at radius 2 is 1.63 bits per heavy atom. The van der Waals surface area contributed by atoms with Gasteiger partial charge in [0.05, 0.1) is 30.9 Å². The van der Waals surface area contributed by atoms with Gasteiger partial charge in [0.25, 0.3) is 11.7 Å². The van der Waals surface area contributed by atoms with Crippen molar-refractivity contribution in [1.82, 2.24) is 9.80 Å². The normalized spacial score (nSPS) is 20.4. The molecule has 0 bridgehead atoms. The second-order valence-electron chi connectivity index (χ2n) is 11.4. The molecule has 2 aliphatic heterocycles. The number of carbonyl (C=O) groups is 2. The van der Waals surface area contributed by atoms with E-state index in [0.29, 0.717) is 31.1 Å². The van der Waals surface area contributed by atoms with E-state index in [0.717, 1.165) is 37.2 Å². The summed E-state index contributed by atoms with van der Waals surface area (Å²) in [6, 6.07) is 14.3. The molecule has 0 radical (unpaired) electrons. The molecule has 2 aromatic rings. The average Bonchev–Trinajstić information content (AvgIpc) is 3.13. The largest absolute Gasteiger partial charge is 0.507 e. The van der Waals surface area contributed by atoms with Crippen LogP contribution < -0.4 is 4.74 Å². The number of aliphatic hydroxyl groups is 1. The topological polar surface area (TPSA) is 79.3 Å². The first kappa shape index (κ1) is 27.9. The van der Waals surface area contributed by atoms with E-state index in [-0.39, 0.29) is 22.9 Å². The van der Waals surface area contributed by atoms with Crippen molar-refractivity contribution in [3.8, 4) is 5.75 Å². The third-order valence-corrected chi connectivity index (χ3v) is 7.11. The molecule has 7 heteroatoms. The number of ketones is 1. The molecular weight excluding hydrogens is 480 g/mol. The van der Waals surface area contributed by atoms with Crippen LogP contribution in [0.15, 0.2) is 54.1 Å². The van der Waals surface area contributed by atoms with Gasteiger partial charge in [0.2, 0.25) is 0 Å². The fourth-order valence-corrected chi connectivity index (χ4v) is 5.03. The van der Waals surface area contributed by atoms with Gasteiger partial charge in [0, 0.05) is 31.7 Å². The van der Waals surface area contributed by atoms with Crippen molar-refractivity contribution in [2.45, 2.75) is 58.6 Å². The molecule has 2 fully saturated rings. The summed E-state index contributed by atoms with van der Waals surface area (Å²) in [6.07, 6.45) is 0.749. The molecule has 2 aromatic carbocycles. The zero-order valence-corrected chi connectivity index (χ0v) is 23.2. The lowest BCUT2D eigenvalue weighted by atomic mass is 9.85. The van der Waals surface area contributed by atoms with E-state index in [2.05, 4.69) is 25.7 Å². The van der Waals surface area contributed by atoms with Crippen molar-refractivity contribution in [2.75, 3.05) is 39.4 Å². The number of hydrogen-bond donors (Lipinski definition) is 1. The number of amides is 1. The maximum absolute atomic E-state index is 13.4. The first-order chi connectivity index (χ1) is 18.1. The highest BCUT2D eigenvalue weighted by atomic mass is 16.5. The summed E-state index contributed by atoms with van der Waals surface area (Å²) in [5.74, 6) is -0.714. The van der Waals surface area contributed by atoms with Crippen LogP contribution in [0.5, 0.6) is 5.75 Å². The molecule has 0 aliphatic carbocycles. The molecule has 1 unspecified atom stereocenters. The predicted octanol–water partition coefficient (Wildman–Crippen LogP) is 4.92. The second kappa shape index (κ2) is 11.7. The van der Waals surface area contributed by atoms with Gasteiger partial charge in [-0.15, -0.1) is 0 Å². The number of benzene rings is 2. The standard InChI is InChI=1S/C31H40N2O5/c1-21(2)38-25-13-9-23(10-14-25)28(34)26-27(22-7-11-24(12-8-22)31(3,4)5)33(30(36)29(26)35)16-6-15-32-17-19-37-20-18-32/h7-14,21,27,34H,6,15-20H2,1-5H3/b28-26-. The minimum Gasteiger partial charge on any atom is -0.507 e. The third kappa shape index (κ3) is 6.27. The summed E-state index contributed by atoms with van der Waals surface area (Å²) >= 11 is 0. The fourth-order valence-electron chi connectivity index (χ4n) is 5.03. The number of rotatable bonds is 8. The number of Topliss-reactive ketones (excluding diaryl/α,β-unsaturated/α-hetero) is 1. The molecule has 1 amide bonds. The lowest BCUT2D eigenvalue weighted by Gasteiger charge is -2.29. The second-order valence-corrected chi connectivity index (χ2v) is 11.4. The lowest BCUT2D eigenvalue weighted by Crippen LogP contribution is -2.39. The maximum atomic E-state index is 13.4. The Morgan fingerprint density at radius 3 is 2.21 bits per heavy atom. The van der Waals surface area contributed by atoms with E-state index in [4.69, 9.17) is 9.47 Å². The van der Waals surface area contributed by atoms with E-state index in [9.17, 15) is 14.7 Å². The van der Waals surface area contributed by atoms with Gasteiger partial charge in [-0.2, -0.15) is 0 Å². The van der Waals surface area contributed by atoms with Gasteiger partial charge in [0.1, 0.15) is 11.5 Å². The fraction of sp³-hybridized carbons (Fsp3) is 0.484. The summed E-state index contributed by atoms with van der Waals surface area (Å²) in [7, 11) is 0. The van der Waals surface area contributed by atoms with Gasteiger partial charge < -0.3 is 19.5 Å². The van der Waals surface area contributed by atoms with Crippen LogP contribution in [0.4, 0.5) is 0 Å². The summed E-state index contributed by atoms with van der Waals surface area (Å²) in [4.78, 5) is 30.6. The van der Waals surface area contributed by atoms with E-state index in [1.807, 2.05) is 38.1 Å². The maximum Gasteiger partial charge on any atom is 0.295 e. The summed E-state index contributed by atoms with van der Waals surface area (Å²) in [5.41, 5.74) is 2.54. The molecule has 2 heterocycles. The highest BCUT2D eigenvalue weighted by Gasteiger charge is 2.45. The van der Waals surface area contributed by atoms with E-state index < -0.39 is 17.7 Å². The van der Waals surface area contributed by atoms with Crippen LogP contribution in [-0.2, 0) is 19.7 Å². The summed E-state index contributed by atoms with van der Waals surface area (Å²) < 4.78 is 11.1. The van der Waals surface area contributed by atoms with Crippen LogP contribution >= 0.6 is 0 Å². The monoisotopic (exact) mass is 520 g/mol. The molecule has 7 nitrogen and oxygen atoms in total. The molecule has 4 rings (SSSR count). The SMILES string of the molecule is CC(C)Oc1ccc(/C(O)=C2/C(=O)C(=O)N(CCCN3CCOCC3)C2c2ccc(C(C)(C)C)cc2)cc1. The predicted molar refractivity (Wildman–Crippen MR) is 148 cm³/mol. The number of carbonyl (C=O) groups excluding carboxylic acids is 2. The molecule has 204 valence electrons. The smallest absolute Gasteiger partial charge is 0.295 e. The van der Waals surface area contributed by atoms with Crippen LogP contribution in [0.3, 0.4) is 0 Å². The van der Waals surface area contributed by atoms with Gasteiger partial charge in [-0.05, 0) is 61.1 Å². The van der Waals surface area contributed by atoms with Gasteiger partial charge in [-0.25, -0.2) is 0 Å². The molecular formula is C31H40N2O5. The van der Waals surface area contributed by atoms with Crippen molar-refractivity contribution in [2.24, 2.45) is 0 Å². The number of nitrogens with zero attached hydrogens (tertiary/aromatic N) is 2. The molecule has 2 saturated heterocycles. The van der Waals surface area contributed by atoms with Gasteiger partial charge in [-0.3, -0.25) is 14.5 Å². The van der Waals surface area contributed by atoms with Crippen LogP contribution in [-0.4, -0.2) is 72.1 Å². The molecule has 0 aromatic heterocycles. The molecule has 0 spiro atoms. The Bertz CT molecular complexity index is 1160. The van der Waals surface area contributed by atoms with E-state index >= 15 is 0 Å². The highest BCUT2D eigenvalue weighted by molar-refractivity contribution is 6.46. The number of aliphatic hydroxyl groups excluding tert-OH is 1. The Balaban J connectivity index is 1.67. The van der Waals surface area contributed by atoms with Crippen molar-refractivity contribution < 1.29 is 24.2 Å². The Labute approximate surface area is 226 Å². The quantitative estimate of drug-likeness (QED) is 0.303. The molecule has 0 saturated carbocycles. The molecule has 1 N–H and O–H groups in total. The zero-order chi connectivity index (χ0) is 27.4. The first-order valence-electron chi connectivity index (χ1n) is 13.5. The highest BCUT2D eigenvalue weighted by Crippen LogP contribution is 2.40. The number of hydrogen-bond acceptors (Lipinski definition) is 6.